The molecule has 0 bridgehead atoms. The SMILES string of the molecule is C=C(C)C(O)(c1ccc(F)c(C)c1)C(C)OCc1ccccc1. The van der Waals surface area contributed by atoms with Crippen LogP contribution in [0.25, 0.3) is 0 Å². The van der Waals surface area contributed by atoms with Gasteiger partial charge in [0, 0.05) is 0 Å². The third kappa shape index (κ3) is 3.69. The lowest BCUT2D eigenvalue weighted by molar-refractivity contribution is -0.0892. The second kappa shape index (κ2) is 7.07. The zero-order valence-electron chi connectivity index (χ0n) is 13.8. The van der Waals surface area contributed by atoms with Gasteiger partial charge >= 0.3 is 0 Å². The second-order valence-electron chi connectivity index (χ2n) is 5.95. The minimum Gasteiger partial charge on any atom is -0.378 e. The standard InChI is InChI=1S/C20H23FO2/c1-14(2)20(22,18-10-11-19(21)15(3)12-18)16(4)23-13-17-8-6-5-7-9-17/h5-12,16,22H,1,13H2,2-4H3. The highest BCUT2D eigenvalue weighted by Crippen LogP contribution is 2.34. The van der Waals surface area contributed by atoms with Crippen LogP contribution in [-0.4, -0.2) is 11.2 Å². The highest BCUT2D eigenvalue weighted by Gasteiger charge is 2.37. The summed E-state index contributed by atoms with van der Waals surface area (Å²) in [6.45, 7) is 9.52. The van der Waals surface area contributed by atoms with Crippen LogP contribution < -0.4 is 0 Å². The topological polar surface area (TPSA) is 29.5 Å². The summed E-state index contributed by atoms with van der Waals surface area (Å²) < 4.78 is 19.4. The number of hydrogen-bond acceptors (Lipinski definition) is 2. The number of rotatable bonds is 6. The molecular weight excluding hydrogens is 291 g/mol. The molecule has 2 atom stereocenters. The molecule has 122 valence electrons. The predicted octanol–water partition coefficient (Wildman–Crippen LogP) is 4.50. The van der Waals surface area contributed by atoms with Gasteiger partial charge in [-0.3, -0.25) is 0 Å². The van der Waals surface area contributed by atoms with E-state index in [4.69, 9.17) is 4.74 Å². The highest BCUT2D eigenvalue weighted by atomic mass is 19.1. The van der Waals surface area contributed by atoms with Gasteiger partial charge in [0.25, 0.3) is 0 Å². The number of ether oxygens (including phenoxy) is 1. The van der Waals surface area contributed by atoms with E-state index in [1.54, 1.807) is 32.9 Å². The van der Waals surface area contributed by atoms with E-state index >= 15 is 0 Å². The molecule has 0 aromatic heterocycles. The van der Waals surface area contributed by atoms with Crippen LogP contribution in [-0.2, 0) is 16.9 Å². The molecule has 0 heterocycles. The molecule has 0 radical (unpaired) electrons. The first-order valence-electron chi connectivity index (χ1n) is 7.66. The summed E-state index contributed by atoms with van der Waals surface area (Å²) in [5, 5.41) is 11.2. The Labute approximate surface area is 137 Å². The Morgan fingerprint density at radius 1 is 1.26 bits per heavy atom. The molecule has 0 aliphatic heterocycles. The van der Waals surface area contributed by atoms with E-state index in [9.17, 15) is 9.50 Å². The molecule has 2 nitrogen and oxygen atoms in total. The van der Waals surface area contributed by atoms with Gasteiger partial charge in [0.1, 0.15) is 11.4 Å². The van der Waals surface area contributed by atoms with Crippen molar-refractivity contribution in [3.8, 4) is 0 Å². The van der Waals surface area contributed by atoms with E-state index in [1.165, 1.54) is 6.07 Å². The smallest absolute Gasteiger partial charge is 0.136 e. The molecule has 0 saturated carbocycles. The highest BCUT2D eigenvalue weighted by molar-refractivity contribution is 5.35. The van der Waals surface area contributed by atoms with Gasteiger partial charge in [0.15, 0.2) is 0 Å². The Kier molecular flexibility index (Phi) is 5.34. The molecule has 0 amide bonds. The van der Waals surface area contributed by atoms with E-state index in [1.807, 2.05) is 30.3 Å². The Bertz CT molecular complexity index is 681. The summed E-state index contributed by atoms with van der Waals surface area (Å²) in [5.74, 6) is -0.296. The van der Waals surface area contributed by atoms with E-state index in [-0.39, 0.29) is 5.82 Å². The van der Waals surface area contributed by atoms with Crippen molar-refractivity contribution in [2.45, 2.75) is 39.1 Å². The minimum atomic E-state index is -1.37. The van der Waals surface area contributed by atoms with Gasteiger partial charge in [-0.25, -0.2) is 4.39 Å². The van der Waals surface area contributed by atoms with Crippen LogP contribution in [0.2, 0.25) is 0 Å². The van der Waals surface area contributed by atoms with Crippen LogP contribution >= 0.6 is 0 Å². The third-order valence-corrected chi connectivity index (χ3v) is 4.18. The summed E-state index contributed by atoms with van der Waals surface area (Å²) in [4.78, 5) is 0. The molecule has 3 heteroatoms. The summed E-state index contributed by atoms with van der Waals surface area (Å²) >= 11 is 0. The van der Waals surface area contributed by atoms with E-state index in [2.05, 4.69) is 6.58 Å². The minimum absolute atomic E-state index is 0.296. The number of benzene rings is 2. The first kappa shape index (κ1) is 17.4. The van der Waals surface area contributed by atoms with Crippen molar-refractivity contribution in [2.24, 2.45) is 0 Å². The Balaban J connectivity index is 2.25. The number of hydrogen-bond donors (Lipinski definition) is 1. The number of aryl methyl sites for hydroxylation is 1. The van der Waals surface area contributed by atoms with Gasteiger partial charge in [-0.2, -0.15) is 0 Å². The van der Waals surface area contributed by atoms with Gasteiger partial charge in [-0.1, -0.05) is 43.0 Å². The summed E-state index contributed by atoms with van der Waals surface area (Å²) in [7, 11) is 0. The van der Waals surface area contributed by atoms with Gasteiger partial charge < -0.3 is 9.84 Å². The van der Waals surface area contributed by atoms with Crippen LogP contribution in [0.1, 0.15) is 30.5 Å². The van der Waals surface area contributed by atoms with Crippen molar-refractivity contribution < 1.29 is 14.2 Å². The molecule has 0 spiro atoms. The van der Waals surface area contributed by atoms with Crippen LogP contribution in [0.4, 0.5) is 4.39 Å². The van der Waals surface area contributed by atoms with Gasteiger partial charge in [-0.05, 0) is 55.2 Å². The molecule has 2 aromatic carbocycles. The maximum absolute atomic E-state index is 13.5. The van der Waals surface area contributed by atoms with Crippen LogP contribution in [0.3, 0.4) is 0 Å². The van der Waals surface area contributed by atoms with Crippen molar-refractivity contribution in [2.75, 3.05) is 0 Å². The summed E-state index contributed by atoms with van der Waals surface area (Å²) in [6, 6.07) is 14.4. The summed E-state index contributed by atoms with van der Waals surface area (Å²) in [6.07, 6.45) is -0.523. The molecule has 1 N–H and O–H groups in total. The quantitative estimate of drug-likeness (QED) is 0.795. The lowest BCUT2D eigenvalue weighted by Gasteiger charge is -2.35. The molecular formula is C20H23FO2. The maximum atomic E-state index is 13.5. The maximum Gasteiger partial charge on any atom is 0.136 e. The molecule has 0 fully saturated rings. The van der Waals surface area contributed by atoms with E-state index in [0.29, 0.717) is 23.3 Å². The lowest BCUT2D eigenvalue weighted by atomic mass is 9.82. The molecule has 23 heavy (non-hydrogen) atoms. The van der Waals surface area contributed by atoms with Crippen LogP contribution in [0, 0.1) is 12.7 Å². The summed E-state index contributed by atoms with van der Waals surface area (Å²) in [5.41, 5.74) is 1.29. The fourth-order valence-electron chi connectivity index (χ4n) is 2.63. The third-order valence-electron chi connectivity index (χ3n) is 4.18. The molecule has 2 aromatic rings. The monoisotopic (exact) mass is 314 g/mol. The molecule has 0 aliphatic carbocycles. The normalized spacial score (nSPS) is 15.0. The van der Waals surface area contributed by atoms with Gasteiger partial charge in [0.05, 0.1) is 12.7 Å². The van der Waals surface area contributed by atoms with Crippen molar-refractivity contribution in [1.29, 1.82) is 0 Å². The van der Waals surface area contributed by atoms with Crippen molar-refractivity contribution in [3.63, 3.8) is 0 Å². The Hall–Kier alpha value is -1.97. The molecule has 0 aliphatic rings. The second-order valence-corrected chi connectivity index (χ2v) is 5.95. The average molecular weight is 314 g/mol. The molecule has 2 unspecified atom stereocenters. The lowest BCUT2D eigenvalue weighted by Crippen LogP contribution is -2.40. The fraction of sp³-hybridized carbons (Fsp3) is 0.300. The average Bonchev–Trinajstić information content (AvgIpc) is 2.55. The predicted molar refractivity (Wildman–Crippen MR) is 90.5 cm³/mol. The number of halogens is 1. The Morgan fingerprint density at radius 2 is 1.91 bits per heavy atom. The van der Waals surface area contributed by atoms with Crippen LogP contribution in [0.5, 0.6) is 0 Å². The Morgan fingerprint density at radius 3 is 2.48 bits per heavy atom. The van der Waals surface area contributed by atoms with Crippen molar-refractivity contribution in [3.05, 3.63) is 83.2 Å². The zero-order chi connectivity index (χ0) is 17.0. The molecule has 2 rings (SSSR count). The zero-order valence-corrected chi connectivity index (χ0v) is 13.8. The first-order valence-corrected chi connectivity index (χ1v) is 7.66. The first-order chi connectivity index (χ1) is 10.9. The number of aliphatic hydroxyl groups is 1. The van der Waals surface area contributed by atoms with E-state index in [0.717, 1.165) is 5.56 Å². The fourth-order valence-corrected chi connectivity index (χ4v) is 2.63. The van der Waals surface area contributed by atoms with Gasteiger partial charge in [-0.15, -0.1) is 0 Å². The largest absolute Gasteiger partial charge is 0.378 e. The molecule has 0 saturated heterocycles. The van der Waals surface area contributed by atoms with Crippen molar-refractivity contribution >= 4 is 0 Å². The van der Waals surface area contributed by atoms with E-state index < -0.39 is 11.7 Å². The van der Waals surface area contributed by atoms with Crippen molar-refractivity contribution in [1.82, 2.24) is 0 Å². The van der Waals surface area contributed by atoms with Crippen LogP contribution in [0.15, 0.2) is 60.7 Å². The van der Waals surface area contributed by atoms with Gasteiger partial charge in [0.2, 0.25) is 0 Å².